The first-order valence-electron chi connectivity index (χ1n) is 10.1. The SMILES string of the molecule is Cc1ncc2ccc(-c3nc4cc(C(=O)O)ccc4n3C3CCCCC3)cc2n1. The monoisotopic (exact) mass is 386 g/mol. The number of aromatic nitrogens is 4. The van der Waals surface area contributed by atoms with Gasteiger partial charge in [0.1, 0.15) is 11.6 Å². The molecule has 146 valence electrons. The van der Waals surface area contributed by atoms with Crippen LogP contribution in [0.3, 0.4) is 0 Å². The molecule has 0 unspecified atom stereocenters. The number of benzene rings is 2. The van der Waals surface area contributed by atoms with E-state index in [1.165, 1.54) is 19.3 Å². The Morgan fingerprint density at radius 2 is 1.86 bits per heavy atom. The topological polar surface area (TPSA) is 80.9 Å². The van der Waals surface area contributed by atoms with Gasteiger partial charge in [0.15, 0.2) is 0 Å². The standard InChI is InChI=1S/C23H22N4O2/c1-14-24-13-17-8-7-15(11-19(17)25-14)22-26-20-12-16(23(28)29)9-10-21(20)27(22)18-5-3-2-4-6-18/h7-13,18H,2-6H2,1H3,(H,28,29). The van der Waals surface area contributed by atoms with Crippen molar-refractivity contribution in [2.75, 3.05) is 0 Å². The third-order valence-corrected chi connectivity index (χ3v) is 5.84. The summed E-state index contributed by atoms with van der Waals surface area (Å²) in [7, 11) is 0. The molecule has 0 amide bonds. The number of carboxylic acid groups (broad SMARTS) is 1. The largest absolute Gasteiger partial charge is 0.478 e. The van der Waals surface area contributed by atoms with Crippen molar-refractivity contribution >= 4 is 27.9 Å². The van der Waals surface area contributed by atoms with Crippen molar-refractivity contribution in [3.63, 3.8) is 0 Å². The van der Waals surface area contributed by atoms with Gasteiger partial charge < -0.3 is 9.67 Å². The molecular formula is C23H22N4O2. The smallest absolute Gasteiger partial charge is 0.335 e. The van der Waals surface area contributed by atoms with E-state index in [4.69, 9.17) is 4.98 Å². The minimum atomic E-state index is -0.932. The van der Waals surface area contributed by atoms with Crippen molar-refractivity contribution in [2.24, 2.45) is 0 Å². The van der Waals surface area contributed by atoms with Crippen LogP contribution in [0.1, 0.15) is 54.3 Å². The molecule has 6 heteroatoms. The second-order valence-corrected chi connectivity index (χ2v) is 7.80. The van der Waals surface area contributed by atoms with Crippen LogP contribution < -0.4 is 0 Å². The molecule has 5 rings (SSSR count). The Bertz CT molecular complexity index is 1240. The Morgan fingerprint density at radius 3 is 2.66 bits per heavy atom. The molecule has 0 saturated heterocycles. The summed E-state index contributed by atoms with van der Waals surface area (Å²) in [5.41, 5.74) is 3.87. The molecule has 2 aromatic heterocycles. The summed E-state index contributed by atoms with van der Waals surface area (Å²) < 4.78 is 2.31. The van der Waals surface area contributed by atoms with Crippen LogP contribution in [0.25, 0.3) is 33.3 Å². The highest BCUT2D eigenvalue weighted by atomic mass is 16.4. The number of hydrogen-bond donors (Lipinski definition) is 1. The van der Waals surface area contributed by atoms with E-state index in [1.54, 1.807) is 12.1 Å². The van der Waals surface area contributed by atoms with E-state index in [1.807, 2.05) is 25.3 Å². The number of carbonyl (C=O) groups is 1. The van der Waals surface area contributed by atoms with Crippen LogP contribution in [0.15, 0.2) is 42.6 Å². The van der Waals surface area contributed by atoms with Crippen molar-refractivity contribution < 1.29 is 9.90 Å². The molecule has 1 fully saturated rings. The molecule has 0 aliphatic heterocycles. The Morgan fingerprint density at radius 1 is 1.03 bits per heavy atom. The van der Waals surface area contributed by atoms with E-state index in [2.05, 4.69) is 26.7 Å². The zero-order valence-corrected chi connectivity index (χ0v) is 16.3. The molecule has 0 bridgehead atoms. The summed E-state index contributed by atoms with van der Waals surface area (Å²) in [5, 5.41) is 10.4. The van der Waals surface area contributed by atoms with Crippen LogP contribution in [-0.4, -0.2) is 30.6 Å². The number of rotatable bonds is 3. The lowest BCUT2D eigenvalue weighted by Crippen LogP contribution is -2.14. The van der Waals surface area contributed by atoms with Gasteiger partial charge in [-0.25, -0.2) is 19.7 Å². The molecule has 0 spiro atoms. The Kier molecular flexibility index (Phi) is 4.27. The highest BCUT2D eigenvalue weighted by Gasteiger charge is 2.23. The van der Waals surface area contributed by atoms with Crippen molar-refractivity contribution in [2.45, 2.75) is 45.1 Å². The minimum absolute atomic E-state index is 0.263. The fourth-order valence-corrected chi connectivity index (χ4v) is 4.40. The maximum atomic E-state index is 11.4. The molecular weight excluding hydrogens is 364 g/mol. The zero-order valence-electron chi connectivity index (χ0n) is 16.3. The number of aryl methyl sites for hydroxylation is 1. The van der Waals surface area contributed by atoms with Crippen LogP contribution in [0.2, 0.25) is 0 Å². The van der Waals surface area contributed by atoms with Gasteiger partial charge in [-0.3, -0.25) is 0 Å². The summed E-state index contributed by atoms with van der Waals surface area (Å²) >= 11 is 0. The van der Waals surface area contributed by atoms with Crippen molar-refractivity contribution in [3.8, 4) is 11.4 Å². The van der Waals surface area contributed by atoms with E-state index < -0.39 is 5.97 Å². The van der Waals surface area contributed by atoms with Gasteiger partial charge in [-0.1, -0.05) is 31.4 Å². The summed E-state index contributed by atoms with van der Waals surface area (Å²) in [6, 6.07) is 11.8. The molecule has 1 aliphatic carbocycles. The van der Waals surface area contributed by atoms with E-state index >= 15 is 0 Å². The average molecular weight is 386 g/mol. The third kappa shape index (κ3) is 3.14. The predicted octanol–water partition coefficient (Wildman–Crippen LogP) is 5.16. The average Bonchev–Trinajstić information content (AvgIpc) is 3.12. The minimum Gasteiger partial charge on any atom is -0.478 e. The molecule has 1 N–H and O–H groups in total. The molecule has 2 heterocycles. The molecule has 0 atom stereocenters. The number of carboxylic acids is 1. The lowest BCUT2D eigenvalue weighted by atomic mass is 9.94. The first-order valence-corrected chi connectivity index (χ1v) is 10.1. The number of fused-ring (bicyclic) bond motifs is 2. The van der Waals surface area contributed by atoms with Crippen LogP contribution >= 0.6 is 0 Å². The highest BCUT2D eigenvalue weighted by Crippen LogP contribution is 2.36. The second kappa shape index (κ2) is 6.95. The summed E-state index contributed by atoms with van der Waals surface area (Å²) in [4.78, 5) is 25.2. The lowest BCUT2D eigenvalue weighted by Gasteiger charge is -2.25. The number of nitrogens with zero attached hydrogens (tertiary/aromatic N) is 4. The van der Waals surface area contributed by atoms with E-state index in [-0.39, 0.29) is 5.56 Å². The van der Waals surface area contributed by atoms with E-state index in [0.717, 1.165) is 52.0 Å². The van der Waals surface area contributed by atoms with E-state index in [0.29, 0.717) is 6.04 Å². The third-order valence-electron chi connectivity index (χ3n) is 5.84. The molecule has 1 saturated carbocycles. The summed E-state index contributed by atoms with van der Waals surface area (Å²) in [5.74, 6) is 0.688. The quantitative estimate of drug-likeness (QED) is 0.526. The number of aromatic carboxylic acids is 1. The van der Waals surface area contributed by atoms with Crippen molar-refractivity contribution in [1.82, 2.24) is 19.5 Å². The highest BCUT2D eigenvalue weighted by molar-refractivity contribution is 5.93. The lowest BCUT2D eigenvalue weighted by molar-refractivity contribution is 0.0697. The molecule has 0 radical (unpaired) electrons. The van der Waals surface area contributed by atoms with Gasteiger partial charge in [0.05, 0.1) is 22.1 Å². The number of imidazole rings is 1. The maximum absolute atomic E-state index is 11.4. The predicted molar refractivity (Wildman–Crippen MR) is 112 cm³/mol. The molecule has 6 nitrogen and oxygen atoms in total. The van der Waals surface area contributed by atoms with Gasteiger partial charge in [0, 0.05) is 23.2 Å². The maximum Gasteiger partial charge on any atom is 0.335 e. The van der Waals surface area contributed by atoms with Gasteiger partial charge in [-0.05, 0) is 44.0 Å². The Hall–Kier alpha value is -3.28. The zero-order chi connectivity index (χ0) is 20.0. The van der Waals surface area contributed by atoms with Gasteiger partial charge in [0.25, 0.3) is 0 Å². The summed E-state index contributed by atoms with van der Waals surface area (Å²) in [6.07, 6.45) is 7.77. The first-order chi connectivity index (χ1) is 14.1. The van der Waals surface area contributed by atoms with Crippen LogP contribution in [-0.2, 0) is 0 Å². The first kappa shape index (κ1) is 17.8. The van der Waals surface area contributed by atoms with Crippen LogP contribution in [0, 0.1) is 6.92 Å². The molecule has 1 aliphatic rings. The fourth-order valence-electron chi connectivity index (χ4n) is 4.40. The van der Waals surface area contributed by atoms with E-state index in [9.17, 15) is 9.90 Å². The Balaban J connectivity index is 1.73. The normalized spacial score (nSPS) is 15.2. The van der Waals surface area contributed by atoms with Gasteiger partial charge in [0.2, 0.25) is 0 Å². The fraction of sp³-hybridized carbons (Fsp3) is 0.304. The van der Waals surface area contributed by atoms with Crippen molar-refractivity contribution in [1.29, 1.82) is 0 Å². The van der Waals surface area contributed by atoms with Crippen molar-refractivity contribution in [3.05, 3.63) is 54.0 Å². The van der Waals surface area contributed by atoms with Gasteiger partial charge in [-0.15, -0.1) is 0 Å². The van der Waals surface area contributed by atoms with Gasteiger partial charge >= 0.3 is 5.97 Å². The van der Waals surface area contributed by atoms with Crippen LogP contribution in [0.4, 0.5) is 0 Å². The number of hydrogen-bond acceptors (Lipinski definition) is 4. The van der Waals surface area contributed by atoms with Gasteiger partial charge in [-0.2, -0.15) is 0 Å². The molecule has 29 heavy (non-hydrogen) atoms. The second-order valence-electron chi connectivity index (χ2n) is 7.80. The van der Waals surface area contributed by atoms with Crippen LogP contribution in [0.5, 0.6) is 0 Å². The summed E-state index contributed by atoms with van der Waals surface area (Å²) in [6.45, 7) is 1.89. The molecule has 4 aromatic rings. The molecule has 2 aromatic carbocycles. The Labute approximate surface area is 168 Å².